The van der Waals surface area contributed by atoms with Crippen molar-refractivity contribution in [1.82, 2.24) is 4.72 Å². The van der Waals surface area contributed by atoms with E-state index in [4.69, 9.17) is 0 Å². The summed E-state index contributed by atoms with van der Waals surface area (Å²) in [4.78, 5) is 14.6. The fourth-order valence-electron chi connectivity index (χ4n) is 2.46. The van der Waals surface area contributed by atoms with Crippen molar-refractivity contribution < 1.29 is 13.2 Å². The van der Waals surface area contributed by atoms with Gasteiger partial charge in [-0.3, -0.25) is 4.79 Å². The van der Waals surface area contributed by atoms with E-state index in [0.717, 1.165) is 18.5 Å². The van der Waals surface area contributed by atoms with Crippen LogP contribution in [0.15, 0.2) is 53.4 Å². The van der Waals surface area contributed by atoms with E-state index in [-0.39, 0.29) is 16.8 Å². The van der Waals surface area contributed by atoms with Crippen molar-refractivity contribution in [1.29, 1.82) is 0 Å². The molecule has 1 fully saturated rings. The van der Waals surface area contributed by atoms with Gasteiger partial charge in [-0.1, -0.05) is 18.2 Å². The van der Waals surface area contributed by atoms with Gasteiger partial charge < -0.3 is 10.2 Å². The number of anilines is 2. The Balaban J connectivity index is 1.82. The predicted octanol–water partition coefficient (Wildman–Crippen LogP) is 2.45. The Labute approximate surface area is 147 Å². The van der Waals surface area contributed by atoms with Gasteiger partial charge in [-0.2, -0.15) is 0 Å². The summed E-state index contributed by atoms with van der Waals surface area (Å²) in [5.41, 5.74) is 1.84. The van der Waals surface area contributed by atoms with Gasteiger partial charge in [0.05, 0.1) is 16.3 Å². The summed E-state index contributed by atoms with van der Waals surface area (Å²) < 4.78 is 27.2. The van der Waals surface area contributed by atoms with Gasteiger partial charge in [0.2, 0.25) is 10.0 Å². The monoisotopic (exact) mass is 359 g/mol. The van der Waals surface area contributed by atoms with Crippen LogP contribution in [0.4, 0.5) is 11.4 Å². The van der Waals surface area contributed by atoms with Gasteiger partial charge in [-0.25, -0.2) is 13.1 Å². The second-order valence-corrected chi connectivity index (χ2v) is 8.00. The molecule has 1 saturated carbocycles. The highest BCUT2D eigenvalue weighted by molar-refractivity contribution is 7.89. The Morgan fingerprint density at radius 2 is 1.80 bits per heavy atom. The van der Waals surface area contributed by atoms with Crippen LogP contribution in [0.5, 0.6) is 0 Å². The maximum Gasteiger partial charge on any atom is 0.255 e. The van der Waals surface area contributed by atoms with Crippen molar-refractivity contribution >= 4 is 27.3 Å². The molecular weight excluding hydrogens is 338 g/mol. The van der Waals surface area contributed by atoms with Crippen molar-refractivity contribution in [3.8, 4) is 0 Å². The highest BCUT2D eigenvalue weighted by atomic mass is 32.2. The van der Waals surface area contributed by atoms with Gasteiger partial charge in [-0.05, 0) is 43.2 Å². The number of carbonyl (C=O) groups is 1. The van der Waals surface area contributed by atoms with Crippen molar-refractivity contribution in [3.05, 3.63) is 54.1 Å². The second-order valence-electron chi connectivity index (χ2n) is 6.29. The Hall–Kier alpha value is -2.38. The van der Waals surface area contributed by atoms with Crippen LogP contribution in [0.25, 0.3) is 0 Å². The molecule has 1 aliphatic rings. The van der Waals surface area contributed by atoms with Gasteiger partial charge >= 0.3 is 0 Å². The summed E-state index contributed by atoms with van der Waals surface area (Å²) in [6, 6.07) is 13.5. The molecule has 0 radical (unpaired) electrons. The lowest BCUT2D eigenvalue weighted by atomic mass is 10.2. The summed E-state index contributed by atoms with van der Waals surface area (Å²) >= 11 is 0. The topological polar surface area (TPSA) is 78.5 Å². The summed E-state index contributed by atoms with van der Waals surface area (Å²) in [5.74, 6) is -0.349. The molecule has 0 aromatic heterocycles. The van der Waals surface area contributed by atoms with Gasteiger partial charge in [0.1, 0.15) is 0 Å². The smallest absolute Gasteiger partial charge is 0.255 e. The number of rotatable bonds is 6. The standard InChI is InChI=1S/C18H21N3O3S/c1-21(2)17-9-4-3-8-16(17)19-18(22)13-6-5-7-15(12-13)25(23,24)20-14-10-11-14/h3-9,12,14,20H,10-11H2,1-2H3,(H,19,22). The molecule has 0 aliphatic heterocycles. The number of nitrogens with one attached hydrogen (secondary N) is 2. The molecule has 0 bridgehead atoms. The lowest BCUT2D eigenvalue weighted by molar-refractivity contribution is 0.102. The van der Waals surface area contributed by atoms with Crippen LogP contribution >= 0.6 is 0 Å². The molecule has 0 atom stereocenters. The fraction of sp³-hybridized carbons (Fsp3) is 0.278. The quantitative estimate of drug-likeness (QED) is 0.830. The first-order valence-corrected chi connectivity index (χ1v) is 9.55. The normalized spacial score (nSPS) is 14.2. The molecule has 1 amide bonds. The molecule has 25 heavy (non-hydrogen) atoms. The van der Waals surface area contributed by atoms with Crippen LogP contribution in [0.1, 0.15) is 23.2 Å². The van der Waals surface area contributed by atoms with E-state index in [9.17, 15) is 13.2 Å². The number of sulfonamides is 1. The molecule has 3 rings (SSSR count). The van der Waals surface area contributed by atoms with E-state index in [1.807, 2.05) is 43.3 Å². The minimum absolute atomic E-state index is 0.0226. The highest BCUT2D eigenvalue weighted by Crippen LogP contribution is 2.25. The van der Waals surface area contributed by atoms with E-state index in [2.05, 4.69) is 10.0 Å². The number of para-hydroxylation sites is 2. The molecular formula is C18H21N3O3S. The number of carbonyl (C=O) groups excluding carboxylic acids is 1. The van der Waals surface area contributed by atoms with Crippen molar-refractivity contribution in [2.24, 2.45) is 0 Å². The van der Waals surface area contributed by atoms with Crippen LogP contribution in [0.3, 0.4) is 0 Å². The molecule has 2 aromatic rings. The maximum absolute atomic E-state index is 12.6. The number of hydrogen-bond acceptors (Lipinski definition) is 4. The molecule has 7 heteroatoms. The minimum atomic E-state index is -3.59. The predicted molar refractivity (Wildman–Crippen MR) is 98.5 cm³/mol. The zero-order valence-electron chi connectivity index (χ0n) is 14.2. The van der Waals surface area contributed by atoms with E-state index in [0.29, 0.717) is 11.3 Å². The zero-order valence-corrected chi connectivity index (χ0v) is 15.0. The molecule has 6 nitrogen and oxygen atoms in total. The molecule has 0 saturated heterocycles. The van der Waals surface area contributed by atoms with Crippen LogP contribution in [-0.4, -0.2) is 34.5 Å². The third-order valence-corrected chi connectivity index (χ3v) is 5.46. The average Bonchev–Trinajstić information content (AvgIpc) is 3.38. The molecule has 0 unspecified atom stereocenters. The Morgan fingerprint density at radius 1 is 1.08 bits per heavy atom. The van der Waals surface area contributed by atoms with Gasteiger partial charge in [0, 0.05) is 25.7 Å². The summed E-state index contributed by atoms with van der Waals surface area (Å²) in [5, 5.41) is 2.84. The molecule has 132 valence electrons. The van der Waals surface area contributed by atoms with Crippen LogP contribution in [-0.2, 0) is 10.0 Å². The fourth-order valence-corrected chi connectivity index (χ4v) is 3.81. The minimum Gasteiger partial charge on any atom is -0.376 e. The first kappa shape index (κ1) is 17.4. The molecule has 2 aromatic carbocycles. The van der Waals surface area contributed by atoms with E-state index >= 15 is 0 Å². The molecule has 0 heterocycles. The Morgan fingerprint density at radius 3 is 2.48 bits per heavy atom. The van der Waals surface area contributed by atoms with Crippen LogP contribution in [0, 0.1) is 0 Å². The number of amides is 1. The van der Waals surface area contributed by atoms with E-state index < -0.39 is 10.0 Å². The number of nitrogens with zero attached hydrogens (tertiary/aromatic N) is 1. The largest absolute Gasteiger partial charge is 0.376 e. The summed E-state index contributed by atoms with van der Waals surface area (Å²) in [7, 11) is 0.195. The third-order valence-electron chi connectivity index (χ3n) is 3.94. The van der Waals surface area contributed by atoms with Gasteiger partial charge in [0.15, 0.2) is 0 Å². The Kier molecular flexibility index (Phi) is 4.78. The summed E-state index contributed by atoms with van der Waals surface area (Å²) in [6.07, 6.45) is 1.72. The van der Waals surface area contributed by atoms with E-state index in [1.165, 1.54) is 12.1 Å². The van der Waals surface area contributed by atoms with Crippen LogP contribution in [0.2, 0.25) is 0 Å². The lowest BCUT2D eigenvalue weighted by Crippen LogP contribution is -2.26. The highest BCUT2D eigenvalue weighted by Gasteiger charge is 2.28. The van der Waals surface area contributed by atoms with Crippen molar-refractivity contribution in [2.45, 2.75) is 23.8 Å². The number of hydrogen-bond donors (Lipinski definition) is 2. The zero-order chi connectivity index (χ0) is 18.0. The summed E-state index contributed by atoms with van der Waals surface area (Å²) in [6.45, 7) is 0. The Bertz CT molecular complexity index is 890. The molecule has 0 spiro atoms. The third kappa shape index (κ3) is 4.18. The first-order valence-electron chi connectivity index (χ1n) is 8.07. The average molecular weight is 359 g/mol. The van der Waals surface area contributed by atoms with Crippen molar-refractivity contribution in [2.75, 3.05) is 24.3 Å². The molecule has 1 aliphatic carbocycles. The first-order chi connectivity index (χ1) is 11.9. The van der Waals surface area contributed by atoms with Crippen molar-refractivity contribution in [3.63, 3.8) is 0 Å². The molecule has 2 N–H and O–H groups in total. The lowest BCUT2D eigenvalue weighted by Gasteiger charge is -2.17. The van der Waals surface area contributed by atoms with E-state index in [1.54, 1.807) is 12.1 Å². The maximum atomic E-state index is 12.6. The second kappa shape index (κ2) is 6.85. The van der Waals surface area contributed by atoms with Crippen LogP contribution < -0.4 is 14.9 Å². The number of benzene rings is 2. The van der Waals surface area contributed by atoms with Gasteiger partial charge in [-0.15, -0.1) is 0 Å². The SMILES string of the molecule is CN(C)c1ccccc1NC(=O)c1cccc(S(=O)(=O)NC2CC2)c1. The van der Waals surface area contributed by atoms with Gasteiger partial charge in [0.25, 0.3) is 5.91 Å².